The molecule has 0 bridgehead atoms. The number of hydrogen-bond acceptors (Lipinski definition) is 5. The summed E-state index contributed by atoms with van der Waals surface area (Å²) in [5, 5.41) is 12.1. The van der Waals surface area contributed by atoms with Gasteiger partial charge < -0.3 is 19.9 Å². The summed E-state index contributed by atoms with van der Waals surface area (Å²) >= 11 is 0. The molecule has 0 saturated heterocycles. The third-order valence-electron chi connectivity index (χ3n) is 3.61. The zero-order valence-corrected chi connectivity index (χ0v) is 13.3. The fraction of sp³-hybridized carbons (Fsp3) is 0.222. The van der Waals surface area contributed by atoms with E-state index in [9.17, 15) is 9.59 Å². The second kappa shape index (κ2) is 5.88. The number of carboxylic acids is 1. The highest BCUT2D eigenvalue weighted by atomic mass is 16.7. The van der Waals surface area contributed by atoms with E-state index in [1.54, 1.807) is 56.3 Å². The lowest BCUT2D eigenvalue weighted by Crippen LogP contribution is -2.39. The number of benzene rings is 2. The van der Waals surface area contributed by atoms with E-state index >= 15 is 0 Å². The Morgan fingerprint density at radius 2 is 1.83 bits per heavy atom. The maximum atomic E-state index is 12.2. The molecule has 0 aliphatic carbocycles. The number of hydrogen-bond donors (Lipinski definition) is 2. The Kier molecular flexibility index (Phi) is 3.89. The van der Waals surface area contributed by atoms with Crippen LogP contribution in [0.5, 0.6) is 5.75 Å². The molecular weight excluding hydrogens is 310 g/mol. The molecule has 124 valence electrons. The molecule has 6 heteroatoms. The number of carboxylic acid groups (broad SMARTS) is 1. The molecule has 0 radical (unpaired) electrons. The van der Waals surface area contributed by atoms with E-state index in [0.29, 0.717) is 23.5 Å². The van der Waals surface area contributed by atoms with Crippen LogP contribution >= 0.6 is 0 Å². The Morgan fingerprint density at radius 1 is 1.12 bits per heavy atom. The van der Waals surface area contributed by atoms with Crippen LogP contribution in [0.3, 0.4) is 0 Å². The highest BCUT2D eigenvalue weighted by Gasteiger charge is 2.35. The number of fused-ring (bicyclic) bond motifs is 1. The molecule has 0 spiro atoms. The van der Waals surface area contributed by atoms with Crippen molar-refractivity contribution < 1.29 is 24.2 Å². The number of carbonyl (C=O) groups is 2. The van der Waals surface area contributed by atoms with Gasteiger partial charge in [0, 0.05) is 20.4 Å². The summed E-state index contributed by atoms with van der Waals surface area (Å²) in [7, 11) is 0. The van der Waals surface area contributed by atoms with E-state index in [-0.39, 0.29) is 5.56 Å². The molecule has 2 aromatic rings. The van der Waals surface area contributed by atoms with E-state index in [0.717, 1.165) is 5.56 Å². The zero-order chi connectivity index (χ0) is 17.3. The van der Waals surface area contributed by atoms with Crippen LogP contribution in [-0.2, 0) is 11.3 Å². The van der Waals surface area contributed by atoms with Crippen molar-refractivity contribution in [1.29, 1.82) is 0 Å². The van der Waals surface area contributed by atoms with Crippen LogP contribution in [0.1, 0.15) is 40.1 Å². The van der Waals surface area contributed by atoms with Crippen LogP contribution in [0, 0.1) is 0 Å². The lowest BCUT2D eigenvalue weighted by atomic mass is 10.1. The van der Waals surface area contributed by atoms with E-state index in [1.807, 2.05) is 0 Å². The largest absolute Gasteiger partial charge is 0.478 e. The molecule has 0 aromatic heterocycles. The van der Waals surface area contributed by atoms with Crippen LogP contribution in [0.2, 0.25) is 0 Å². The van der Waals surface area contributed by atoms with Gasteiger partial charge in [0.05, 0.1) is 11.3 Å². The summed E-state index contributed by atoms with van der Waals surface area (Å²) in [5.41, 5.74) is 2.09. The quantitative estimate of drug-likeness (QED) is 0.838. The van der Waals surface area contributed by atoms with Gasteiger partial charge in [-0.2, -0.15) is 0 Å². The van der Waals surface area contributed by atoms with Gasteiger partial charge in [-0.1, -0.05) is 18.2 Å². The van der Waals surface area contributed by atoms with Gasteiger partial charge in [-0.05, 0) is 29.8 Å². The van der Waals surface area contributed by atoms with E-state index < -0.39 is 17.7 Å². The third-order valence-corrected chi connectivity index (χ3v) is 3.61. The molecule has 3 rings (SSSR count). The van der Waals surface area contributed by atoms with Crippen LogP contribution in [0.4, 0.5) is 5.69 Å². The third kappa shape index (κ3) is 3.17. The molecule has 0 saturated carbocycles. The number of esters is 1. The normalized spacial score (nSPS) is 15.0. The van der Waals surface area contributed by atoms with E-state index in [1.165, 1.54) is 0 Å². The van der Waals surface area contributed by atoms with Crippen molar-refractivity contribution in [3.05, 3.63) is 59.2 Å². The number of aromatic carboxylic acids is 1. The van der Waals surface area contributed by atoms with Gasteiger partial charge in [0.25, 0.3) is 0 Å². The molecule has 0 atom stereocenters. The second-order valence-corrected chi connectivity index (χ2v) is 5.93. The topological polar surface area (TPSA) is 84.9 Å². The molecule has 0 unspecified atom stereocenters. The summed E-state index contributed by atoms with van der Waals surface area (Å²) in [4.78, 5) is 23.1. The lowest BCUT2D eigenvalue weighted by Gasteiger charge is -2.32. The van der Waals surface area contributed by atoms with E-state index in [2.05, 4.69) is 5.32 Å². The first-order valence-electron chi connectivity index (χ1n) is 7.47. The number of anilines is 1. The minimum absolute atomic E-state index is 0.232. The molecule has 2 aromatic carbocycles. The Balaban J connectivity index is 1.79. The fourth-order valence-electron chi connectivity index (χ4n) is 2.50. The molecule has 6 nitrogen and oxygen atoms in total. The first-order chi connectivity index (χ1) is 11.4. The highest BCUT2D eigenvalue weighted by molar-refractivity contribution is 5.99. The van der Waals surface area contributed by atoms with Gasteiger partial charge in [-0.15, -0.1) is 0 Å². The van der Waals surface area contributed by atoms with Crippen molar-refractivity contribution in [3.8, 4) is 5.75 Å². The zero-order valence-electron chi connectivity index (χ0n) is 13.3. The average Bonchev–Trinajstić information content (AvgIpc) is 2.51. The minimum atomic E-state index is -0.991. The summed E-state index contributed by atoms with van der Waals surface area (Å²) in [5.74, 6) is -1.92. The number of ether oxygens (including phenoxy) is 2. The van der Waals surface area contributed by atoms with Crippen molar-refractivity contribution in [2.75, 3.05) is 5.32 Å². The fourth-order valence-corrected chi connectivity index (χ4v) is 2.50. The maximum Gasteiger partial charge on any atom is 0.347 e. The van der Waals surface area contributed by atoms with Crippen molar-refractivity contribution in [2.45, 2.75) is 26.2 Å². The van der Waals surface area contributed by atoms with Crippen LogP contribution in [0.25, 0.3) is 0 Å². The van der Waals surface area contributed by atoms with Crippen LogP contribution < -0.4 is 10.1 Å². The number of rotatable bonds is 4. The molecule has 2 N–H and O–H groups in total. The SMILES string of the molecule is CC1(C)OC(=O)c2c(NCc3ccc(C(=O)O)cc3)cccc2O1. The number of nitrogens with one attached hydrogen (secondary N) is 1. The highest BCUT2D eigenvalue weighted by Crippen LogP contribution is 2.35. The number of cyclic esters (lactones) is 1. The first-order valence-corrected chi connectivity index (χ1v) is 7.47. The Hall–Kier alpha value is -3.02. The predicted molar refractivity (Wildman–Crippen MR) is 87.3 cm³/mol. The average molecular weight is 327 g/mol. The first kappa shape index (κ1) is 15.9. The van der Waals surface area contributed by atoms with Crippen LogP contribution in [-0.4, -0.2) is 22.8 Å². The molecule has 24 heavy (non-hydrogen) atoms. The van der Waals surface area contributed by atoms with Crippen molar-refractivity contribution >= 4 is 17.6 Å². The summed E-state index contributed by atoms with van der Waals surface area (Å²) < 4.78 is 10.9. The molecule has 1 heterocycles. The summed E-state index contributed by atoms with van der Waals surface area (Å²) in [6.07, 6.45) is 0. The van der Waals surface area contributed by atoms with Crippen molar-refractivity contribution in [1.82, 2.24) is 0 Å². The molecule has 1 aliphatic heterocycles. The van der Waals surface area contributed by atoms with Gasteiger partial charge in [-0.25, -0.2) is 9.59 Å². The molecule has 1 aliphatic rings. The molecular formula is C18H17NO5. The van der Waals surface area contributed by atoms with Crippen molar-refractivity contribution in [2.24, 2.45) is 0 Å². The van der Waals surface area contributed by atoms with Crippen LogP contribution in [0.15, 0.2) is 42.5 Å². The number of carbonyl (C=O) groups excluding carboxylic acids is 1. The van der Waals surface area contributed by atoms with E-state index in [4.69, 9.17) is 14.6 Å². The van der Waals surface area contributed by atoms with Gasteiger partial charge in [0.15, 0.2) is 0 Å². The Labute approximate surface area is 139 Å². The predicted octanol–water partition coefficient (Wildman–Crippen LogP) is 3.28. The summed E-state index contributed by atoms with van der Waals surface area (Å²) in [6.45, 7) is 3.79. The second-order valence-electron chi connectivity index (χ2n) is 5.93. The lowest BCUT2D eigenvalue weighted by molar-refractivity contribution is -0.127. The van der Waals surface area contributed by atoms with Gasteiger partial charge in [-0.3, -0.25) is 0 Å². The smallest absolute Gasteiger partial charge is 0.347 e. The molecule has 0 fully saturated rings. The van der Waals surface area contributed by atoms with Crippen molar-refractivity contribution in [3.63, 3.8) is 0 Å². The summed E-state index contributed by atoms with van der Waals surface area (Å²) in [6, 6.07) is 11.8. The Morgan fingerprint density at radius 3 is 2.50 bits per heavy atom. The molecule has 0 amide bonds. The standard InChI is InChI=1S/C18H17NO5/c1-18(2)23-14-5-3-4-13(15(14)17(22)24-18)19-10-11-6-8-12(9-7-11)16(20)21/h3-9,19H,10H2,1-2H3,(H,20,21). The monoisotopic (exact) mass is 327 g/mol. The maximum absolute atomic E-state index is 12.2. The van der Waals surface area contributed by atoms with Gasteiger partial charge in [0.1, 0.15) is 11.3 Å². The minimum Gasteiger partial charge on any atom is -0.478 e. The van der Waals surface area contributed by atoms with Gasteiger partial charge >= 0.3 is 11.9 Å². The Bertz CT molecular complexity index is 796. The van der Waals surface area contributed by atoms with Gasteiger partial charge in [0.2, 0.25) is 5.79 Å².